The van der Waals surface area contributed by atoms with Crippen LogP contribution in [0.1, 0.15) is 182 Å². The van der Waals surface area contributed by atoms with Crippen molar-refractivity contribution in [1.82, 2.24) is 0 Å². The van der Waals surface area contributed by atoms with Gasteiger partial charge >= 0.3 is 40.0 Å². The molecule has 0 N–H and O–H groups in total. The van der Waals surface area contributed by atoms with Crippen molar-refractivity contribution in [3.63, 3.8) is 0 Å². The number of rotatable bonds is 35. The summed E-state index contributed by atoms with van der Waals surface area (Å²) in [6.07, 6.45) is 22.0. The minimum Gasteiger partial charge on any atom is -1.00 e. The van der Waals surface area contributed by atoms with E-state index in [2.05, 4.69) is 11.1 Å². The van der Waals surface area contributed by atoms with E-state index in [-0.39, 0.29) is 50.7 Å². The van der Waals surface area contributed by atoms with E-state index in [0.717, 1.165) is 38.5 Å². The number of halogens is 4. The molecule has 0 aromatic carbocycles. The van der Waals surface area contributed by atoms with E-state index in [4.69, 9.17) is 4.18 Å². The Bertz CT molecular complexity index is 683. The topological polar surface area (TPSA) is 52.6 Å². The molecule has 262 valence electrons. The molecule has 0 radical (unpaired) electrons. The molecule has 0 amide bonds. The summed E-state index contributed by atoms with van der Waals surface area (Å²) in [5, 5.41) is 0. The summed E-state index contributed by atoms with van der Waals surface area (Å²) in [7, 11) is -4.45. The minimum absolute atomic E-state index is 0. The van der Waals surface area contributed by atoms with E-state index in [0.29, 0.717) is 25.7 Å². The molecule has 0 saturated heterocycles. The molecular weight excluding hydrogens is 603 g/mol. The van der Waals surface area contributed by atoms with Gasteiger partial charge in [0.2, 0.25) is 0 Å². The summed E-state index contributed by atoms with van der Waals surface area (Å²) in [6.45, 7) is 0.732. The fourth-order valence-electron chi connectivity index (χ4n) is 5.32. The van der Waals surface area contributed by atoms with Gasteiger partial charge in [0.25, 0.3) is 0 Å². The fourth-order valence-corrected chi connectivity index (χ4v) is 6.01. The molecule has 0 aromatic heterocycles. The quantitative estimate of drug-likeness (QED) is 0.0384. The molecule has 0 bridgehead atoms. The van der Waals surface area contributed by atoms with E-state index >= 15 is 0 Å². The molecule has 0 fully saturated rings. The van der Waals surface area contributed by atoms with Crippen molar-refractivity contribution >= 4 is 10.4 Å². The van der Waals surface area contributed by atoms with Crippen molar-refractivity contribution in [2.24, 2.45) is 0 Å². The Labute approximate surface area is 293 Å². The third-order valence-electron chi connectivity index (χ3n) is 8.15. The minimum atomic E-state index is -4.45. The van der Waals surface area contributed by atoms with E-state index in [1.165, 1.54) is 103 Å². The summed E-state index contributed by atoms with van der Waals surface area (Å²) in [6, 6.07) is 0. The van der Waals surface area contributed by atoms with E-state index in [1.54, 1.807) is 0 Å². The van der Waals surface area contributed by atoms with Crippen LogP contribution in [0.5, 0.6) is 0 Å². The van der Waals surface area contributed by atoms with Crippen LogP contribution >= 0.6 is 0 Å². The average Bonchev–Trinajstić information content (AvgIpc) is 2.99. The van der Waals surface area contributed by atoms with Crippen molar-refractivity contribution in [2.45, 2.75) is 199 Å². The van der Waals surface area contributed by atoms with Gasteiger partial charge in [-0.15, -0.1) is 0 Å². The molecule has 3 atom stereocenters. The Morgan fingerprint density at radius 1 is 0.523 bits per heavy atom. The van der Waals surface area contributed by atoms with Crippen molar-refractivity contribution < 1.29 is 65.3 Å². The Hall–Kier alpha value is 0.590. The van der Waals surface area contributed by atoms with Crippen LogP contribution in [0.3, 0.4) is 0 Å². The molecule has 0 aromatic rings. The van der Waals surface area contributed by atoms with Crippen LogP contribution in [0.25, 0.3) is 0 Å². The number of hydrogen-bond donors (Lipinski definition) is 0. The van der Waals surface area contributed by atoms with Crippen molar-refractivity contribution in [3.8, 4) is 0 Å². The molecule has 0 spiro atoms. The average molecular weight is 671 g/mol. The first kappa shape index (κ1) is 46.7. The number of alkyl halides is 4. The van der Waals surface area contributed by atoms with E-state index < -0.39 is 35.5 Å². The van der Waals surface area contributed by atoms with E-state index in [1.807, 2.05) is 0 Å². The summed E-state index contributed by atoms with van der Waals surface area (Å²) in [5.74, 6) is 0. The molecule has 0 aliphatic rings. The zero-order valence-electron chi connectivity index (χ0n) is 29.5. The Balaban J connectivity index is -0.00000882. The smallest absolute Gasteiger partial charge is 1.00 e. The molecular formula is C34H67F4NaO4S. The Kier molecular flexibility index (Phi) is 37.1. The molecule has 44 heavy (non-hydrogen) atoms. The van der Waals surface area contributed by atoms with Gasteiger partial charge in [0.05, 0.1) is 13.3 Å². The zero-order chi connectivity index (χ0) is 31.9. The number of hydrogen-bond acceptors (Lipinski definition) is 4. The maximum atomic E-state index is 14.0. The predicted octanol–water partition coefficient (Wildman–Crippen LogP) is 8.92. The monoisotopic (exact) mass is 670 g/mol. The normalized spacial score (nSPS) is 13.9. The predicted molar refractivity (Wildman–Crippen MR) is 173 cm³/mol. The fraction of sp³-hybridized carbons (Fsp3) is 1.00. The second-order valence-electron chi connectivity index (χ2n) is 12.3. The summed E-state index contributed by atoms with van der Waals surface area (Å²) < 4.78 is 86.7. The van der Waals surface area contributed by atoms with Gasteiger partial charge in [-0.25, -0.2) is 21.5 Å². The van der Waals surface area contributed by atoms with Crippen LogP contribution in [0.4, 0.5) is 17.6 Å². The first-order chi connectivity index (χ1) is 20.8. The largest absolute Gasteiger partial charge is 1.00 e. The van der Waals surface area contributed by atoms with Crippen LogP contribution in [-0.2, 0) is 18.8 Å². The van der Waals surface area contributed by atoms with Crippen LogP contribution in [-0.4, -0.2) is 46.8 Å². The summed E-state index contributed by atoms with van der Waals surface area (Å²) >= 11 is 0. The molecule has 0 saturated carbocycles. The molecule has 0 rings (SSSR count). The molecule has 0 aliphatic heterocycles. The molecule has 0 aliphatic carbocycles. The first-order valence-corrected chi connectivity index (χ1v) is 19.2. The van der Waals surface area contributed by atoms with Crippen molar-refractivity contribution in [1.29, 1.82) is 0 Å². The van der Waals surface area contributed by atoms with Crippen LogP contribution in [0, 0.1) is 0 Å². The van der Waals surface area contributed by atoms with Crippen LogP contribution in [0.2, 0.25) is 0 Å². The second-order valence-corrected chi connectivity index (χ2v) is 13.6. The third kappa shape index (κ3) is 32.5. The maximum absolute atomic E-state index is 14.0. The van der Waals surface area contributed by atoms with Crippen LogP contribution < -0.4 is 29.6 Å². The second kappa shape index (κ2) is 34.9. The summed E-state index contributed by atoms with van der Waals surface area (Å²) in [4.78, 5) is 0. The van der Waals surface area contributed by atoms with Gasteiger partial charge in [-0.1, -0.05) is 161 Å². The van der Waals surface area contributed by atoms with E-state index in [9.17, 15) is 26.0 Å². The van der Waals surface area contributed by atoms with Gasteiger partial charge in [0.15, 0.2) is 12.3 Å². The standard InChI is InChI=1S/C34H66F4O4S.Na.H/c1-2-3-4-5-6-7-8-9-10-11-12-13-14-15-16-17-18-21-24-27-30-41-43(39,40)42-31-33(37)34(38)32(36)28-25-22-19-20-23-26-29-35;;/h32-34H,2-31H2,1H3;;/q;+1;-1. The van der Waals surface area contributed by atoms with Gasteiger partial charge in [-0.05, 0) is 19.3 Å². The molecule has 0 heterocycles. The van der Waals surface area contributed by atoms with Gasteiger partial charge in [0.1, 0.15) is 12.8 Å². The summed E-state index contributed by atoms with van der Waals surface area (Å²) in [5.41, 5.74) is 0. The molecule has 4 nitrogen and oxygen atoms in total. The number of unbranched alkanes of at least 4 members (excludes halogenated alkanes) is 24. The Morgan fingerprint density at radius 2 is 0.886 bits per heavy atom. The van der Waals surface area contributed by atoms with Crippen LogP contribution in [0.15, 0.2) is 0 Å². The molecule has 10 heteroatoms. The van der Waals surface area contributed by atoms with Gasteiger partial charge in [-0.2, -0.15) is 8.42 Å². The Morgan fingerprint density at radius 3 is 1.30 bits per heavy atom. The SMILES string of the molecule is CCCCCCCCCCCCCCCCCCCCCCOS(=O)(=O)OCC(F)C(F)C(F)CCCCCCCCF.[H-].[Na+]. The van der Waals surface area contributed by atoms with Crippen molar-refractivity contribution in [2.75, 3.05) is 19.9 Å². The zero-order valence-corrected chi connectivity index (χ0v) is 31.3. The molecule has 3 unspecified atom stereocenters. The third-order valence-corrected chi connectivity index (χ3v) is 9.03. The van der Waals surface area contributed by atoms with Gasteiger partial charge in [0, 0.05) is 0 Å². The van der Waals surface area contributed by atoms with Crippen molar-refractivity contribution in [3.05, 3.63) is 0 Å². The van der Waals surface area contributed by atoms with Gasteiger partial charge < -0.3 is 1.43 Å². The first-order valence-electron chi connectivity index (χ1n) is 17.9. The maximum Gasteiger partial charge on any atom is 1.00 e. The van der Waals surface area contributed by atoms with Gasteiger partial charge in [-0.3, -0.25) is 4.39 Å².